The van der Waals surface area contributed by atoms with E-state index in [1.54, 1.807) is 0 Å². The molecule has 2 rings (SSSR count). The lowest BCUT2D eigenvalue weighted by atomic mass is 10.1. The van der Waals surface area contributed by atoms with Gasteiger partial charge in [-0.1, -0.05) is 57.9 Å². The lowest BCUT2D eigenvalue weighted by Gasteiger charge is -2.19. The van der Waals surface area contributed by atoms with Crippen molar-refractivity contribution in [2.45, 2.75) is 26.0 Å². The van der Waals surface area contributed by atoms with Gasteiger partial charge in [0.25, 0.3) is 0 Å². The van der Waals surface area contributed by atoms with Gasteiger partial charge in [0.2, 0.25) is 0 Å². The SMILES string of the molecule is Cc1cccc(CN(C)CCC(O)c2ccc(Br)cc2)c1. The second-order valence-electron chi connectivity index (χ2n) is 5.58. The maximum atomic E-state index is 10.2. The highest BCUT2D eigenvalue weighted by Gasteiger charge is 2.09. The summed E-state index contributed by atoms with van der Waals surface area (Å²) in [6.45, 7) is 3.89. The summed E-state index contributed by atoms with van der Waals surface area (Å²) < 4.78 is 1.04. The van der Waals surface area contributed by atoms with Crippen molar-refractivity contribution in [3.05, 3.63) is 69.7 Å². The topological polar surface area (TPSA) is 23.5 Å². The van der Waals surface area contributed by atoms with Crippen LogP contribution in [0.5, 0.6) is 0 Å². The van der Waals surface area contributed by atoms with Crippen LogP contribution in [0, 0.1) is 6.92 Å². The van der Waals surface area contributed by atoms with Crippen LogP contribution in [-0.2, 0) is 6.54 Å². The third-order valence-corrected chi connectivity index (χ3v) is 4.10. The number of rotatable bonds is 6. The van der Waals surface area contributed by atoms with Crippen molar-refractivity contribution >= 4 is 15.9 Å². The number of aliphatic hydroxyl groups is 1. The quantitative estimate of drug-likeness (QED) is 0.841. The summed E-state index contributed by atoms with van der Waals surface area (Å²) in [5.74, 6) is 0. The predicted octanol–water partition coefficient (Wildman–Crippen LogP) is 4.31. The zero-order chi connectivity index (χ0) is 15.2. The molecular formula is C18H22BrNO. The van der Waals surface area contributed by atoms with Gasteiger partial charge in [-0.15, -0.1) is 0 Å². The fourth-order valence-electron chi connectivity index (χ4n) is 2.40. The average Bonchev–Trinajstić information content (AvgIpc) is 2.45. The molecule has 0 bridgehead atoms. The van der Waals surface area contributed by atoms with Gasteiger partial charge in [-0.25, -0.2) is 0 Å². The first-order chi connectivity index (χ1) is 10.0. The molecule has 0 aromatic heterocycles. The van der Waals surface area contributed by atoms with E-state index >= 15 is 0 Å². The van der Waals surface area contributed by atoms with E-state index in [-0.39, 0.29) is 0 Å². The largest absolute Gasteiger partial charge is 0.388 e. The molecule has 2 aromatic carbocycles. The molecule has 0 aliphatic rings. The Morgan fingerprint density at radius 3 is 2.52 bits per heavy atom. The number of aryl methyl sites for hydroxylation is 1. The van der Waals surface area contributed by atoms with E-state index in [1.165, 1.54) is 11.1 Å². The highest BCUT2D eigenvalue weighted by atomic mass is 79.9. The van der Waals surface area contributed by atoms with Gasteiger partial charge >= 0.3 is 0 Å². The van der Waals surface area contributed by atoms with E-state index in [1.807, 2.05) is 24.3 Å². The minimum absolute atomic E-state index is 0.405. The minimum Gasteiger partial charge on any atom is -0.388 e. The maximum Gasteiger partial charge on any atom is 0.0802 e. The zero-order valence-electron chi connectivity index (χ0n) is 12.6. The number of hydrogen-bond acceptors (Lipinski definition) is 2. The molecule has 3 heteroatoms. The van der Waals surface area contributed by atoms with Gasteiger partial charge in [0.15, 0.2) is 0 Å². The summed E-state index contributed by atoms with van der Waals surface area (Å²) in [6, 6.07) is 16.4. The molecule has 0 aliphatic heterocycles. The summed E-state index contributed by atoms with van der Waals surface area (Å²) in [6.07, 6.45) is 0.335. The maximum absolute atomic E-state index is 10.2. The lowest BCUT2D eigenvalue weighted by molar-refractivity contribution is 0.147. The van der Waals surface area contributed by atoms with Crippen LogP contribution in [0.2, 0.25) is 0 Å². The van der Waals surface area contributed by atoms with Crippen molar-refractivity contribution in [3.8, 4) is 0 Å². The molecule has 0 saturated carbocycles. The van der Waals surface area contributed by atoms with Crippen molar-refractivity contribution in [2.75, 3.05) is 13.6 Å². The Morgan fingerprint density at radius 1 is 1.14 bits per heavy atom. The Morgan fingerprint density at radius 2 is 1.86 bits per heavy atom. The Balaban J connectivity index is 1.83. The van der Waals surface area contributed by atoms with E-state index in [4.69, 9.17) is 0 Å². The number of hydrogen-bond donors (Lipinski definition) is 1. The van der Waals surface area contributed by atoms with Gasteiger partial charge in [0.05, 0.1) is 6.10 Å². The minimum atomic E-state index is -0.405. The molecule has 1 N–H and O–H groups in total. The first kappa shape index (κ1) is 16.2. The highest BCUT2D eigenvalue weighted by Crippen LogP contribution is 2.20. The van der Waals surface area contributed by atoms with E-state index in [0.29, 0.717) is 0 Å². The Hall–Kier alpha value is -1.16. The molecule has 0 fully saturated rings. The average molecular weight is 348 g/mol. The van der Waals surface area contributed by atoms with Crippen LogP contribution in [0.15, 0.2) is 53.0 Å². The van der Waals surface area contributed by atoms with E-state index in [2.05, 4.69) is 59.1 Å². The van der Waals surface area contributed by atoms with Gasteiger partial charge in [-0.2, -0.15) is 0 Å². The highest BCUT2D eigenvalue weighted by molar-refractivity contribution is 9.10. The van der Waals surface area contributed by atoms with Gasteiger partial charge in [-0.3, -0.25) is 0 Å². The fraction of sp³-hybridized carbons (Fsp3) is 0.333. The van der Waals surface area contributed by atoms with Crippen LogP contribution in [0.3, 0.4) is 0 Å². The fourth-order valence-corrected chi connectivity index (χ4v) is 2.66. The van der Waals surface area contributed by atoms with Crippen molar-refractivity contribution in [2.24, 2.45) is 0 Å². The first-order valence-electron chi connectivity index (χ1n) is 7.22. The molecule has 0 saturated heterocycles. The predicted molar refractivity (Wildman–Crippen MR) is 91.2 cm³/mol. The molecular weight excluding hydrogens is 326 g/mol. The molecule has 0 aliphatic carbocycles. The lowest BCUT2D eigenvalue weighted by Crippen LogP contribution is -2.21. The second kappa shape index (κ2) is 7.74. The molecule has 2 aromatic rings. The molecule has 0 amide bonds. The summed E-state index contributed by atoms with van der Waals surface area (Å²) >= 11 is 3.41. The molecule has 1 atom stereocenters. The van der Waals surface area contributed by atoms with Gasteiger partial charge < -0.3 is 10.0 Å². The van der Waals surface area contributed by atoms with Crippen LogP contribution in [0.4, 0.5) is 0 Å². The van der Waals surface area contributed by atoms with Gasteiger partial charge in [0.1, 0.15) is 0 Å². The summed E-state index contributed by atoms with van der Waals surface area (Å²) in [7, 11) is 2.09. The monoisotopic (exact) mass is 347 g/mol. The standard InChI is InChI=1S/C18H22BrNO/c1-14-4-3-5-15(12-14)13-20(2)11-10-18(21)16-6-8-17(19)9-7-16/h3-9,12,18,21H,10-11,13H2,1-2H3. The molecule has 0 radical (unpaired) electrons. The summed E-state index contributed by atoms with van der Waals surface area (Å²) in [5.41, 5.74) is 3.58. The molecule has 1 unspecified atom stereocenters. The van der Waals surface area contributed by atoms with Crippen molar-refractivity contribution in [1.82, 2.24) is 4.90 Å². The number of halogens is 1. The van der Waals surface area contributed by atoms with Crippen molar-refractivity contribution in [1.29, 1.82) is 0 Å². The molecule has 0 spiro atoms. The number of aliphatic hydroxyl groups excluding tert-OH is 1. The summed E-state index contributed by atoms with van der Waals surface area (Å²) in [5, 5.41) is 10.2. The van der Waals surface area contributed by atoms with Crippen LogP contribution < -0.4 is 0 Å². The third-order valence-electron chi connectivity index (χ3n) is 3.57. The normalized spacial score (nSPS) is 12.6. The zero-order valence-corrected chi connectivity index (χ0v) is 14.2. The van der Waals surface area contributed by atoms with E-state index in [9.17, 15) is 5.11 Å². The number of nitrogens with zero attached hydrogens (tertiary/aromatic N) is 1. The smallest absolute Gasteiger partial charge is 0.0802 e. The van der Waals surface area contributed by atoms with Crippen molar-refractivity contribution in [3.63, 3.8) is 0 Å². The van der Waals surface area contributed by atoms with Crippen LogP contribution in [0.1, 0.15) is 29.2 Å². The first-order valence-corrected chi connectivity index (χ1v) is 8.01. The summed E-state index contributed by atoms with van der Waals surface area (Å²) in [4.78, 5) is 2.25. The molecule has 21 heavy (non-hydrogen) atoms. The third kappa shape index (κ3) is 5.27. The van der Waals surface area contributed by atoms with Gasteiger partial charge in [0, 0.05) is 17.6 Å². The molecule has 112 valence electrons. The van der Waals surface area contributed by atoms with Crippen LogP contribution in [-0.4, -0.2) is 23.6 Å². The van der Waals surface area contributed by atoms with Crippen molar-refractivity contribution < 1.29 is 5.11 Å². The molecule has 0 heterocycles. The van der Waals surface area contributed by atoms with Crippen LogP contribution >= 0.6 is 15.9 Å². The van der Waals surface area contributed by atoms with Crippen LogP contribution in [0.25, 0.3) is 0 Å². The Bertz CT molecular complexity index is 568. The molecule has 2 nitrogen and oxygen atoms in total. The van der Waals surface area contributed by atoms with E-state index < -0.39 is 6.10 Å². The second-order valence-corrected chi connectivity index (χ2v) is 6.50. The van der Waals surface area contributed by atoms with Gasteiger partial charge in [-0.05, 0) is 43.7 Å². The van der Waals surface area contributed by atoms with E-state index in [0.717, 1.165) is 29.5 Å². The Labute approximate surface area is 135 Å². The Kier molecular flexibility index (Phi) is 5.97. The number of benzene rings is 2.